The molecule has 166 valence electrons. The van der Waals surface area contributed by atoms with Crippen molar-refractivity contribution in [3.8, 4) is 11.3 Å². The van der Waals surface area contributed by atoms with Gasteiger partial charge in [-0.1, -0.05) is 35.5 Å². The van der Waals surface area contributed by atoms with Crippen LogP contribution in [0.2, 0.25) is 0 Å². The number of hydrogen-bond donors (Lipinski definition) is 2. The van der Waals surface area contributed by atoms with Crippen LogP contribution in [0.25, 0.3) is 16.9 Å². The lowest BCUT2D eigenvalue weighted by Crippen LogP contribution is -2.21. The lowest BCUT2D eigenvalue weighted by atomic mass is 10.2. The van der Waals surface area contributed by atoms with Crippen molar-refractivity contribution in [1.82, 2.24) is 30.0 Å². The lowest BCUT2D eigenvalue weighted by molar-refractivity contribution is 0.102. The molecule has 5 rings (SSSR count). The second-order valence-corrected chi connectivity index (χ2v) is 7.74. The van der Waals surface area contributed by atoms with Crippen LogP contribution in [-0.4, -0.2) is 42.9 Å². The van der Waals surface area contributed by atoms with E-state index in [-0.39, 0.29) is 11.6 Å². The molecular formula is C23H22N8O2. The quantitative estimate of drug-likeness (QED) is 0.412. The number of hydrogen-bond acceptors (Lipinski definition) is 7. The van der Waals surface area contributed by atoms with E-state index in [0.717, 1.165) is 16.8 Å². The first-order chi connectivity index (χ1) is 16.0. The number of nitrogens with one attached hydrogen (secondary N) is 2. The van der Waals surface area contributed by atoms with Gasteiger partial charge in [-0.2, -0.15) is 10.2 Å². The predicted octanol–water partition coefficient (Wildman–Crippen LogP) is 3.61. The Morgan fingerprint density at radius 3 is 2.73 bits per heavy atom. The summed E-state index contributed by atoms with van der Waals surface area (Å²) in [5, 5.41) is 18.4. The summed E-state index contributed by atoms with van der Waals surface area (Å²) >= 11 is 0. The number of rotatable bonds is 6. The Balaban J connectivity index is 1.64. The van der Waals surface area contributed by atoms with Crippen molar-refractivity contribution in [2.24, 2.45) is 0 Å². The van der Waals surface area contributed by atoms with Crippen LogP contribution in [0.1, 0.15) is 27.5 Å². The first-order valence-electron chi connectivity index (χ1n) is 10.4. The van der Waals surface area contributed by atoms with Gasteiger partial charge in [0.15, 0.2) is 17.1 Å². The zero-order valence-corrected chi connectivity index (χ0v) is 18.4. The Morgan fingerprint density at radius 1 is 1.21 bits per heavy atom. The molecule has 0 aliphatic heterocycles. The zero-order valence-electron chi connectivity index (χ0n) is 18.4. The molecule has 0 radical (unpaired) electrons. The summed E-state index contributed by atoms with van der Waals surface area (Å²) in [6, 6.07) is 11.9. The number of aromatic nitrogens is 6. The third kappa shape index (κ3) is 3.71. The van der Waals surface area contributed by atoms with E-state index in [1.807, 2.05) is 48.3 Å². The van der Waals surface area contributed by atoms with Crippen LogP contribution in [-0.2, 0) is 6.54 Å². The van der Waals surface area contributed by atoms with Crippen LogP contribution in [0.5, 0.6) is 0 Å². The number of nitrogens with zero attached hydrogens (tertiary/aromatic N) is 6. The van der Waals surface area contributed by atoms with Crippen molar-refractivity contribution in [1.29, 1.82) is 0 Å². The second-order valence-electron chi connectivity index (χ2n) is 7.74. The second kappa shape index (κ2) is 8.23. The van der Waals surface area contributed by atoms with Gasteiger partial charge in [0, 0.05) is 31.5 Å². The van der Waals surface area contributed by atoms with E-state index in [1.54, 1.807) is 37.0 Å². The lowest BCUT2D eigenvalue weighted by Gasteiger charge is -2.19. The molecule has 1 aromatic carbocycles. The molecule has 0 aliphatic carbocycles. The predicted molar refractivity (Wildman–Crippen MR) is 123 cm³/mol. The van der Waals surface area contributed by atoms with Gasteiger partial charge in [-0.15, -0.1) is 0 Å². The van der Waals surface area contributed by atoms with Gasteiger partial charge in [0.1, 0.15) is 17.1 Å². The summed E-state index contributed by atoms with van der Waals surface area (Å²) in [6.45, 7) is 4.10. The highest BCUT2D eigenvalue weighted by Crippen LogP contribution is 2.30. The molecule has 0 saturated carbocycles. The highest BCUT2D eigenvalue weighted by Gasteiger charge is 2.26. The number of fused-ring (bicyclic) bond motifs is 1. The van der Waals surface area contributed by atoms with Crippen LogP contribution in [0.15, 0.2) is 59.5 Å². The molecule has 10 nitrogen and oxygen atoms in total. The number of carbonyl (C=O) groups is 1. The van der Waals surface area contributed by atoms with E-state index < -0.39 is 0 Å². The number of carbonyl (C=O) groups excluding carboxylic acids is 1. The molecule has 4 aromatic heterocycles. The minimum atomic E-state index is -0.372. The zero-order chi connectivity index (χ0) is 22.9. The molecule has 0 atom stereocenters. The van der Waals surface area contributed by atoms with Crippen LogP contribution in [0, 0.1) is 13.8 Å². The Bertz CT molecular complexity index is 1400. The summed E-state index contributed by atoms with van der Waals surface area (Å²) in [7, 11) is 1.92. The first-order valence-corrected chi connectivity index (χ1v) is 10.4. The van der Waals surface area contributed by atoms with E-state index in [0.29, 0.717) is 35.0 Å². The van der Waals surface area contributed by atoms with E-state index in [4.69, 9.17) is 4.52 Å². The third-order valence-electron chi connectivity index (χ3n) is 5.42. The Morgan fingerprint density at radius 2 is 2.03 bits per heavy atom. The molecule has 0 aliphatic rings. The summed E-state index contributed by atoms with van der Waals surface area (Å²) in [6.07, 6.45) is 5.18. The van der Waals surface area contributed by atoms with Crippen LogP contribution in [0.3, 0.4) is 0 Å². The molecular weight excluding hydrogens is 420 g/mol. The Labute approximate surface area is 189 Å². The average Bonchev–Trinajstić information content (AvgIpc) is 3.55. The summed E-state index contributed by atoms with van der Waals surface area (Å²) in [5.74, 6) is 0.156. The van der Waals surface area contributed by atoms with Gasteiger partial charge in [0.25, 0.3) is 5.91 Å². The molecule has 2 N–H and O–H groups in total. The molecule has 0 bridgehead atoms. The van der Waals surface area contributed by atoms with E-state index in [1.165, 1.54) is 0 Å². The fraction of sp³-hybridized carbons (Fsp3) is 0.174. The van der Waals surface area contributed by atoms with E-state index in [2.05, 4.69) is 30.8 Å². The van der Waals surface area contributed by atoms with Crippen molar-refractivity contribution in [3.05, 3.63) is 77.7 Å². The average molecular weight is 442 g/mol. The van der Waals surface area contributed by atoms with E-state index in [9.17, 15) is 4.79 Å². The number of H-pyrrole nitrogens is 1. The Hall–Kier alpha value is -4.47. The highest BCUT2D eigenvalue weighted by molar-refractivity contribution is 6.09. The van der Waals surface area contributed by atoms with Crippen molar-refractivity contribution in [2.75, 3.05) is 17.3 Å². The van der Waals surface area contributed by atoms with E-state index >= 15 is 0 Å². The smallest absolute Gasteiger partial charge is 0.278 e. The summed E-state index contributed by atoms with van der Waals surface area (Å²) < 4.78 is 6.86. The largest absolute Gasteiger partial charge is 0.365 e. The Kier molecular flexibility index (Phi) is 5.09. The number of benzene rings is 1. The van der Waals surface area contributed by atoms with Crippen LogP contribution >= 0.6 is 0 Å². The molecule has 10 heteroatoms. The fourth-order valence-corrected chi connectivity index (χ4v) is 3.82. The molecule has 0 saturated heterocycles. The van der Waals surface area contributed by atoms with Gasteiger partial charge < -0.3 is 14.7 Å². The SMILES string of the molecule is Cc1noc(C)c1NC(=O)c1nn2c(-c3cn[nH]c3)ccnc2c1N(C)Cc1ccccc1. The number of anilines is 2. The van der Waals surface area contributed by atoms with Crippen LogP contribution < -0.4 is 10.2 Å². The number of aryl methyl sites for hydroxylation is 2. The van der Waals surface area contributed by atoms with Gasteiger partial charge >= 0.3 is 0 Å². The minimum absolute atomic E-state index is 0.247. The molecule has 33 heavy (non-hydrogen) atoms. The normalized spacial score (nSPS) is 11.1. The van der Waals surface area contributed by atoms with Gasteiger partial charge in [0.2, 0.25) is 0 Å². The molecule has 0 fully saturated rings. The molecule has 1 amide bonds. The molecule has 0 spiro atoms. The maximum atomic E-state index is 13.4. The highest BCUT2D eigenvalue weighted by atomic mass is 16.5. The van der Waals surface area contributed by atoms with Gasteiger partial charge in [-0.3, -0.25) is 9.89 Å². The first kappa shape index (κ1) is 20.4. The fourth-order valence-electron chi connectivity index (χ4n) is 3.82. The number of aromatic amines is 1. The van der Waals surface area contributed by atoms with Crippen molar-refractivity contribution >= 4 is 22.9 Å². The van der Waals surface area contributed by atoms with Crippen molar-refractivity contribution in [3.63, 3.8) is 0 Å². The minimum Gasteiger partial charge on any atom is -0.365 e. The van der Waals surface area contributed by atoms with Gasteiger partial charge in [-0.05, 0) is 25.5 Å². The number of amides is 1. The van der Waals surface area contributed by atoms with Crippen LogP contribution in [0.4, 0.5) is 11.4 Å². The summed E-state index contributed by atoms with van der Waals surface area (Å²) in [5.41, 5.74) is 5.26. The third-order valence-corrected chi connectivity index (χ3v) is 5.42. The maximum absolute atomic E-state index is 13.4. The summed E-state index contributed by atoms with van der Waals surface area (Å²) in [4.78, 5) is 20.0. The standard InChI is InChI=1S/C23H22N8O2/c1-14-19(15(2)33-29-14)27-23(32)20-21(30(3)13-16-7-5-4-6-8-16)22-24-10-9-18(31(22)28-20)17-11-25-26-12-17/h4-12H,13H2,1-3H3,(H,25,26)(H,27,32). The molecule has 5 aromatic rings. The van der Waals surface area contributed by atoms with Crippen molar-refractivity contribution < 1.29 is 9.32 Å². The van der Waals surface area contributed by atoms with Crippen molar-refractivity contribution in [2.45, 2.75) is 20.4 Å². The van der Waals surface area contributed by atoms with Gasteiger partial charge in [0.05, 0.1) is 11.9 Å². The topological polar surface area (TPSA) is 117 Å². The van der Waals surface area contributed by atoms with Gasteiger partial charge in [-0.25, -0.2) is 9.50 Å². The molecule has 0 unspecified atom stereocenters. The molecule has 4 heterocycles. The monoisotopic (exact) mass is 442 g/mol. The maximum Gasteiger partial charge on any atom is 0.278 e.